The van der Waals surface area contributed by atoms with E-state index < -0.39 is 0 Å². The van der Waals surface area contributed by atoms with E-state index >= 15 is 0 Å². The summed E-state index contributed by atoms with van der Waals surface area (Å²) < 4.78 is 5.62. The van der Waals surface area contributed by atoms with Gasteiger partial charge in [0.1, 0.15) is 6.10 Å². The Balaban J connectivity index is 3.68. The molecule has 0 aliphatic carbocycles. The highest BCUT2D eigenvalue weighted by molar-refractivity contribution is 5.69. The fourth-order valence-corrected chi connectivity index (χ4v) is 3.18. The van der Waals surface area contributed by atoms with Crippen LogP contribution in [0.4, 0.5) is 0 Å². The van der Waals surface area contributed by atoms with Gasteiger partial charge in [0.25, 0.3) is 0 Å². The molecule has 0 saturated carbocycles. The maximum absolute atomic E-state index is 12.0. The normalized spacial score (nSPS) is 12.8. The Kier molecular flexibility index (Phi) is 18.7. The fourth-order valence-electron chi connectivity index (χ4n) is 3.18. The molecule has 0 bridgehead atoms. The highest BCUT2D eigenvalue weighted by Gasteiger charge is 2.21. The first-order valence-corrected chi connectivity index (χ1v) is 11.8. The topological polar surface area (TPSA) is 26.3 Å². The van der Waals surface area contributed by atoms with E-state index in [0.717, 1.165) is 32.1 Å². The largest absolute Gasteiger partial charge is 0.462 e. The van der Waals surface area contributed by atoms with E-state index in [-0.39, 0.29) is 12.1 Å². The number of carbonyl (C=O) groups excluding carboxylic acids is 1. The first-order valence-electron chi connectivity index (χ1n) is 11.8. The molecule has 0 atom stereocenters. The Hall–Kier alpha value is -1.57. The highest BCUT2D eigenvalue weighted by atomic mass is 16.5. The number of hydrogen-bond acceptors (Lipinski definition) is 2. The minimum Gasteiger partial charge on any atom is -0.462 e. The van der Waals surface area contributed by atoms with Gasteiger partial charge in [-0.15, -0.1) is 0 Å². The van der Waals surface area contributed by atoms with Crippen molar-refractivity contribution >= 4 is 5.97 Å². The van der Waals surface area contributed by atoms with Gasteiger partial charge >= 0.3 is 5.97 Å². The Morgan fingerprint density at radius 2 is 1.14 bits per heavy atom. The lowest BCUT2D eigenvalue weighted by atomic mass is 9.96. The second-order valence-corrected chi connectivity index (χ2v) is 8.42. The number of carbonyl (C=O) groups is 1. The maximum Gasteiger partial charge on any atom is 0.306 e. The summed E-state index contributed by atoms with van der Waals surface area (Å²) in [6.07, 6.45) is 28.2. The van der Waals surface area contributed by atoms with Gasteiger partial charge in [-0.1, -0.05) is 96.1 Å². The molecule has 0 aliphatic heterocycles. The molecule has 0 aromatic carbocycles. The lowest BCUT2D eigenvalue weighted by molar-refractivity contribution is -0.154. The average Bonchev–Trinajstić information content (AvgIpc) is 2.68. The smallest absolute Gasteiger partial charge is 0.306 e. The monoisotopic (exact) mass is 402 g/mol. The lowest BCUT2D eigenvalue weighted by Crippen LogP contribution is -2.28. The Labute approximate surface area is 181 Å². The summed E-state index contributed by atoms with van der Waals surface area (Å²) in [5, 5.41) is 0. The number of unbranched alkanes of at least 4 members (excludes halogenated alkanes) is 4. The first kappa shape index (κ1) is 27.4. The van der Waals surface area contributed by atoms with Crippen LogP contribution in [0, 0.1) is 11.8 Å². The van der Waals surface area contributed by atoms with Crippen LogP contribution in [-0.2, 0) is 9.53 Å². The van der Waals surface area contributed by atoms with E-state index in [4.69, 9.17) is 4.74 Å². The van der Waals surface area contributed by atoms with Crippen molar-refractivity contribution in [2.45, 2.75) is 105 Å². The minimum absolute atomic E-state index is 0.0269. The van der Waals surface area contributed by atoms with Crippen LogP contribution in [0.2, 0.25) is 0 Å². The molecule has 0 saturated heterocycles. The summed E-state index contributed by atoms with van der Waals surface area (Å²) in [7, 11) is 0. The van der Waals surface area contributed by atoms with Crippen LogP contribution in [0.3, 0.4) is 0 Å². The molecule has 0 fully saturated rings. The second kappa shape index (κ2) is 19.7. The molecular formula is C27H46O2. The van der Waals surface area contributed by atoms with Gasteiger partial charge in [-0.05, 0) is 56.8 Å². The van der Waals surface area contributed by atoms with Crippen LogP contribution in [0.1, 0.15) is 98.8 Å². The summed E-state index contributed by atoms with van der Waals surface area (Å²) >= 11 is 0. The van der Waals surface area contributed by atoms with Crippen LogP contribution >= 0.6 is 0 Å². The van der Waals surface area contributed by atoms with Crippen molar-refractivity contribution in [3.63, 3.8) is 0 Å². The molecule has 2 heteroatoms. The van der Waals surface area contributed by atoms with Crippen LogP contribution in [0.15, 0.2) is 48.6 Å². The molecule has 166 valence electrons. The molecule has 0 radical (unpaired) electrons. The zero-order valence-corrected chi connectivity index (χ0v) is 19.7. The predicted octanol–water partition coefficient (Wildman–Crippen LogP) is 8.36. The first-order chi connectivity index (χ1) is 14.0. The van der Waals surface area contributed by atoms with Gasteiger partial charge in [-0.25, -0.2) is 0 Å². The summed E-state index contributed by atoms with van der Waals surface area (Å²) in [6, 6.07) is 0. The molecule has 0 aliphatic rings. The van der Waals surface area contributed by atoms with Crippen molar-refractivity contribution in [3.8, 4) is 0 Å². The molecule has 0 heterocycles. The van der Waals surface area contributed by atoms with Crippen molar-refractivity contribution in [2.24, 2.45) is 11.8 Å². The molecule has 0 rings (SSSR count). The van der Waals surface area contributed by atoms with E-state index in [0.29, 0.717) is 18.3 Å². The molecular weight excluding hydrogens is 356 g/mol. The van der Waals surface area contributed by atoms with Crippen molar-refractivity contribution in [1.82, 2.24) is 0 Å². The van der Waals surface area contributed by atoms with Crippen molar-refractivity contribution in [3.05, 3.63) is 48.6 Å². The summed E-state index contributed by atoms with van der Waals surface area (Å²) in [6.45, 7) is 10.7. The second-order valence-electron chi connectivity index (χ2n) is 8.42. The van der Waals surface area contributed by atoms with Gasteiger partial charge in [-0.3, -0.25) is 4.79 Å². The highest BCUT2D eigenvalue weighted by Crippen LogP contribution is 2.17. The van der Waals surface area contributed by atoms with E-state index in [1.54, 1.807) is 0 Å². The van der Waals surface area contributed by atoms with Gasteiger partial charge in [0.2, 0.25) is 0 Å². The third-order valence-corrected chi connectivity index (χ3v) is 4.79. The fraction of sp³-hybridized carbons (Fsp3) is 0.667. The van der Waals surface area contributed by atoms with Gasteiger partial charge < -0.3 is 4.74 Å². The molecule has 0 amide bonds. The quantitative estimate of drug-likeness (QED) is 0.139. The standard InChI is InChI=1S/C27H46O2/c1-6-7-8-9-10-11-12-13-14-15-16-17-18-19-20-21-22-23-26(28)29-27(24(2)3)25(4)5/h10-11,13-14,16-17,19-20,24-25,27H,6-9,12,15,18,21-23H2,1-5H3/b11-10-,14-13-,17-16-,20-19?. The third kappa shape index (κ3) is 18.2. The number of hydrogen-bond donors (Lipinski definition) is 0. The molecule has 0 aromatic rings. The van der Waals surface area contributed by atoms with Crippen molar-refractivity contribution in [2.75, 3.05) is 0 Å². The van der Waals surface area contributed by atoms with Crippen molar-refractivity contribution < 1.29 is 9.53 Å². The summed E-state index contributed by atoms with van der Waals surface area (Å²) in [4.78, 5) is 12.0. The van der Waals surface area contributed by atoms with Crippen LogP contribution < -0.4 is 0 Å². The zero-order valence-electron chi connectivity index (χ0n) is 19.7. The lowest BCUT2D eigenvalue weighted by Gasteiger charge is -2.24. The summed E-state index contributed by atoms with van der Waals surface area (Å²) in [5.74, 6) is 0.674. The van der Waals surface area contributed by atoms with E-state index in [1.165, 1.54) is 25.7 Å². The van der Waals surface area contributed by atoms with Gasteiger partial charge in [0.05, 0.1) is 0 Å². The molecule has 0 aromatic heterocycles. The molecule has 2 nitrogen and oxygen atoms in total. The van der Waals surface area contributed by atoms with E-state index in [9.17, 15) is 4.79 Å². The number of ether oxygens (including phenoxy) is 1. The summed E-state index contributed by atoms with van der Waals surface area (Å²) in [5.41, 5.74) is 0. The molecule has 29 heavy (non-hydrogen) atoms. The number of rotatable bonds is 17. The Morgan fingerprint density at radius 1 is 0.690 bits per heavy atom. The minimum atomic E-state index is -0.0618. The van der Waals surface area contributed by atoms with Gasteiger partial charge in [-0.2, -0.15) is 0 Å². The SMILES string of the molecule is CCCCC/C=C\C/C=C\C/C=C\CC=CCCCC(=O)OC(C(C)C)C(C)C. The molecule has 0 spiro atoms. The van der Waals surface area contributed by atoms with E-state index in [1.807, 2.05) is 0 Å². The number of esters is 1. The number of allylic oxidation sites excluding steroid dienone is 8. The zero-order chi connectivity index (χ0) is 21.7. The molecule has 0 N–H and O–H groups in total. The third-order valence-electron chi connectivity index (χ3n) is 4.79. The Morgan fingerprint density at radius 3 is 1.59 bits per heavy atom. The van der Waals surface area contributed by atoms with Crippen LogP contribution in [-0.4, -0.2) is 12.1 Å². The van der Waals surface area contributed by atoms with E-state index in [2.05, 4.69) is 83.2 Å². The van der Waals surface area contributed by atoms with Gasteiger partial charge in [0.15, 0.2) is 0 Å². The van der Waals surface area contributed by atoms with Crippen LogP contribution in [0.5, 0.6) is 0 Å². The average molecular weight is 403 g/mol. The maximum atomic E-state index is 12.0. The van der Waals surface area contributed by atoms with Crippen LogP contribution in [0.25, 0.3) is 0 Å². The molecule has 0 unspecified atom stereocenters. The predicted molar refractivity (Wildman–Crippen MR) is 128 cm³/mol. The van der Waals surface area contributed by atoms with Gasteiger partial charge in [0, 0.05) is 6.42 Å². The Bertz CT molecular complexity index is 487. The van der Waals surface area contributed by atoms with Crippen molar-refractivity contribution in [1.29, 1.82) is 0 Å².